The zero-order valence-corrected chi connectivity index (χ0v) is 20.7. The maximum atomic E-state index is 11.5. The van der Waals surface area contributed by atoms with Gasteiger partial charge < -0.3 is 14.8 Å². The van der Waals surface area contributed by atoms with Crippen LogP contribution in [0, 0.1) is 6.92 Å². The van der Waals surface area contributed by atoms with Crippen molar-refractivity contribution in [2.24, 2.45) is 0 Å². The van der Waals surface area contributed by atoms with Crippen molar-refractivity contribution in [1.29, 1.82) is 0 Å². The predicted octanol–water partition coefficient (Wildman–Crippen LogP) is 8.25. The van der Waals surface area contributed by atoms with Gasteiger partial charge in [-0.25, -0.2) is 0 Å². The highest BCUT2D eigenvalue weighted by molar-refractivity contribution is 5.90. The number of rotatable bonds is 8. The van der Waals surface area contributed by atoms with Crippen LogP contribution in [0.3, 0.4) is 0 Å². The minimum Gasteiger partial charge on any atom is -0.457 e. The van der Waals surface area contributed by atoms with E-state index < -0.39 is 0 Å². The van der Waals surface area contributed by atoms with Crippen molar-refractivity contribution in [1.82, 2.24) is 0 Å². The van der Waals surface area contributed by atoms with Gasteiger partial charge in [0.25, 0.3) is 0 Å². The number of carbonyl (C=O) groups is 1. The molecular weight excluding hydrogens is 434 g/mol. The van der Waals surface area contributed by atoms with Gasteiger partial charge in [0.15, 0.2) is 0 Å². The Kier molecular flexibility index (Phi) is 7.21. The van der Waals surface area contributed by atoms with E-state index in [-0.39, 0.29) is 11.3 Å². The second-order valence-corrected chi connectivity index (χ2v) is 9.12. The third kappa shape index (κ3) is 6.10. The Hall–Kier alpha value is -4.05. The van der Waals surface area contributed by atoms with Crippen LogP contribution in [0.15, 0.2) is 97.1 Å². The molecule has 0 unspecified atom stereocenters. The van der Waals surface area contributed by atoms with Gasteiger partial charge in [0.2, 0.25) is 5.91 Å². The quantitative estimate of drug-likeness (QED) is 0.285. The molecule has 0 aliphatic rings. The van der Waals surface area contributed by atoms with E-state index in [0.717, 1.165) is 28.7 Å². The molecule has 0 aliphatic heterocycles. The fourth-order valence-electron chi connectivity index (χ4n) is 3.78. The summed E-state index contributed by atoms with van der Waals surface area (Å²) in [6.45, 7) is 8.31. The molecule has 0 aliphatic carbocycles. The molecule has 0 fully saturated rings. The average molecular weight is 466 g/mol. The molecule has 0 saturated heterocycles. The lowest BCUT2D eigenvalue weighted by Gasteiger charge is -2.26. The fraction of sp³-hybridized carbons (Fsp3) is 0.194. The molecule has 1 N–H and O–H groups in total. The molecule has 4 aromatic rings. The van der Waals surface area contributed by atoms with Crippen LogP contribution in [0.5, 0.6) is 23.0 Å². The van der Waals surface area contributed by atoms with Gasteiger partial charge in [0, 0.05) is 17.5 Å². The molecule has 0 aromatic heterocycles. The summed E-state index contributed by atoms with van der Waals surface area (Å²) in [5.74, 6) is 3.12. The highest BCUT2D eigenvalue weighted by atomic mass is 16.5. The van der Waals surface area contributed by atoms with E-state index in [0.29, 0.717) is 6.42 Å². The van der Waals surface area contributed by atoms with Gasteiger partial charge in [-0.05, 0) is 78.7 Å². The molecule has 1 amide bonds. The number of benzene rings is 4. The Labute approximate surface area is 207 Å². The normalized spacial score (nSPS) is 11.1. The minimum absolute atomic E-state index is 0.00898. The molecule has 4 aromatic carbocycles. The van der Waals surface area contributed by atoms with Crippen LogP contribution in [-0.4, -0.2) is 5.91 Å². The van der Waals surface area contributed by atoms with E-state index in [9.17, 15) is 4.79 Å². The third-order valence-corrected chi connectivity index (χ3v) is 6.10. The standard InChI is InChI=1S/C31H31NO3/c1-5-30(33)32-25-12-20-29(21-13-25)35-28-18-10-24(11-19-28)31(3,4)23-8-16-27(17-9-23)34-26-14-6-22(2)7-15-26/h6-21H,5H2,1-4H3,(H,32,33). The summed E-state index contributed by atoms with van der Waals surface area (Å²) < 4.78 is 12.0. The van der Waals surface area contributed by atoms with Crippen LogP contribution < -0.4 is 14.8 Å². The van der Waals surface area contributed by atoms with Crippen molar-refractivity contribution in [2.75, 3.05) is 5.32 Å². The largest absolute Gasteiger partial charge is 0.457 e. The lowest BCUT2D eigenvalue weighted by Crippen LogP contribution is -2.18. The van der Waals surface area contributed by atoms with Crippen LogP contribution in [0.1, 0.15) is 43.9 Å². The Morgan fingerprint density at radius 2 is 1.03 bits per heavy atom. The van der Waals surface area contributed by atoms with E-state index in [1.54, 1.807) is 0 Å². The summed E-state index contributed by atoms with van der Waals surface area (Å²) >= 11 is 0. The number of anilines is 1. The molecule has 0 bridgehead atoms. The first-order chi connectivity index (χ1) is 16.8. The molecule has 4 nitrogen and oxygen atoms in total. The van der Waals surface area contributed by atoms with Gasteiger partial charge in [-0.1, -0.05) is 62.7 Å². The summed E-state index contributed by atoms with van der Waals surface area (Å²) in [7, 11) is 0. The topological polar surface area (TPSA) is 47.6 Å². The minimum atomic E-state index is -0.181. The second-order valence-electron chi connectivity index (χ2n) is 9.12. The Morgan fingerprint density at radius 1 is 0.657 bits per heavy atom. The van der Waals surface area contributed by atoms with Crippen molar-refractivity contribution in [3.63, 3.8) is 0 Å². The van der Waals surface area contributed by atoms with Crippen molar-refractivity contribution in [3.8, 4) is 23.0 Å². The number of hydrogen-bond acceptors (Lipinski definition) is 3. The summed E-state index contributed by atoms with van der Waals surface area (Å²) in [6.07, 6.45) is 0.451. The van der Waals surface area contributed by atoms with Crippen molar-refractivity contribution >= 4 is 11.6 Å². The molecule has 0 spiro atoms. The first-order valence-electron chi connectivity index (χ1n) is 11.9. The summed E-state index contributed by atoms with van der Waals surface area (Å²) in [5.41, 5.74) is 4.18. The number of amides is 1. The molecule has 0 heterocycles. The molecular formula is C31H31NO3. The number of aryl methyl sites for hydroxylation is 1. The molecule has 4 rings (SSSR count). The predicted molar refractivity (Wildman–Crippen MR) is 142 cm³/mol. The van der Waals surface area contributed by atoms with E-state index in [4.69, 9.17) is 9.47 Å². The van der Waals surface area contributed by atoms with E-state index in [1.807, 2.05) is 79.7 Å². The SMILES string of the molecule is CCC(=O)Nc1ccc(Oc2ccc(C(C)(C)c3ccc(Oc4ccc(C)cc4)cc3)cc2)cc1. The van der Waals surface area contributed by atoms with Gasteiger partial charge >= 0.3 is 0 Å². The number of hydrogen-bond donors (Lipinski definition) is 1. The number of nitrogens with one attached hydrogen (secondary N) is 1. The monoisotopic (exact) mass is 465 g/mol. The van der Waals surface area contributed by atoms with Gasteiger partial charge in [0.1, 0.15) is 23.0 Å². The summed E-state index contributed by atoms with van der Waals surface area (Å²) in [6, 6.07) is 31.9. The summed E-state index contributed by atoms with van der Waals surface area (Å²) in [5, 5.41) is 2.84. The smallest absolute Gasteiger partial charge is 0.224 e. The molecule has 0 radical (unpaired) electrons. The first-order valence-corrected chi connectivity index (χ1v) is 11.9. The van der Waals surface area contributed by atoms with Crippen LogP contribution in [0.2, 0.25) is 0 Å². The fourth-order valence-corrected chi connectivity index (χ4v) is 3.78. The van der Waals surface area contributed by atoms with Gasteiger partial charge in [0.05, 0.1) is 0 Å². The van der Waals surface area contributed by atoms with Gasteiger partial charge in [-0.2, -0.15) is 0 Å². The lowest BCUT2D eigenvalue weighted by atomic mass is 9.78. The highest BCUT2D eigenvalue weighted by Gasteiger charge is 2.23. The van der Waals surface area contributed by atoms with Crippen LogP contribution in [-0.2, 0) is 10.2 Å². The van der Waals surface area contributed by atoms with Crippen LogP contribution >= 0.6 is 0 Å². The summed E-state index contributed by atoms with van der Waals surface area (Å²) in [4.78, 5) is 11.5. The molecule has 35 heavy (non-hydrogen) atoms. The molecule has 0 atom stereocenters. The lowest BCUT2D eigenvalue weighted by molar-refractivity contribution is -0.115. The zero-order chi connectivity index (χ0) is 24.8. The van der Waals surface area contributed by atoms with Gasteiger partial charge in [-0.15, -0.1) is 0 Å². The van der Waals surface area contributed by atoms with E-state index in [1.165, 1.54) is 16.7 Å². The maximum Gasteiger partial charge on any atom is 0.224 e. The average Bonchev–Trinajstić information content (AvgIpc) is 2.87. The highest BCUT2D eigenvalue weighted by Crippen LogP contribution is 2.34. The van der Waals surface area contributed by atoms with Crippen molar-refractivity contribution < 1.29 is 14.3 Å². The van der Waals surface area contributed by atoms with Crippen LogP contribution in [0.4, 0.5) is 5.69 Å². The molecule has 4 heteroatoms. The van der Waals surface area contributed by atoms with E-state index in [2.05, 4.69) is 50.4 Å². The van der Waals surface area contributed by atoms with E-state index >= 15 is 0 Å². The second kappa shape index (κ2) is 10.5. The Morgan fingerprint density at radius 3 is 1.43 bits per heavy atom. The van der Waals surface area contributed by atoms with Crippen LogP contribution in [0.25, 0.3) is 0 Å². The number of carbonyl (C=O) groups excluding carboxylic acids is 1. The maximum absolute atomic E-state index is 11.5. The zero-order valence-electron chi connectivity index (χ0n) is 20.7. The third-order valence-electron chi connectivity index (χ3n) is 6.10. The Balaban J connectivity index is 1.41. The molecule has 178 valence electrons. The molecule has 0 saturated carbocycles. The Bertz CT molecular complexity index is 1260. The number of ether oxygens (including phenoxy) is 2. The van der Waals surface area contributed by atoms with Crippen molar-refractivity contribution in [2.45, 2.75) is 39.5 Å². The van der Waals surface area contributed by atoms with Gasteiger partial charge in [-0.3, -0.25) is 4.79 Å². The van der Waals surface area contributed by atoms with Crippen molar-refractivity contribution in [3.05, 3.63) is 114 Å². The first kappa shape index (κ1) is 24.1.